The number of nitrogens with zero attached hydrogens (tertiary/aromatic N) is 3. The van der Waals surface area contributed by atoms with Crippen molar-refractivity contribution in [2.45, 2.75) is 95.4 Å². The summed E-state index contributed by atoms with van der Waals surface area (Å²) >= 11 is 0. The lowest BCUT2D eigenvalue weighted by Crippen LogP contribution is -2.54. The molecule has 2 aliphatic carbocycles. The Labute approximate surface area is 210 Å². The van der Waals surface area contributed by atoms with Gasteiger partial charge in [-0.15, -0.1) is 0 Å². The molecule has 0 radical (unpaired) electrons. The average Bonchev–Trinajstić information content (AvgIpc) is 3.61. The van der Waals surface area contributed by atoms with Gasteiger partial charge in [-0.3, -0.25) is 4.79 Å². The van der Waals surface area contributed by atoms with Gasteiger partial charge >= 0.3 is 6.09 Å². The molecule has 35 heavy (non-hydrogen) atoms. The van der Waals surface area contributed by atoms with Crippen molar-refractivity contribution in [3.05, 3.63) is 35.4 Å². The Morgan fingerprint density at radius 3 is 2.54 bits per heavy atom. The van der Waals surface area contributed by atoms with Crippen molar-refractivity contribution < 1.29 is 14.3 Å². The first kappa shape index (κ1) is 23.3. The molecule has 6 heteroatoms. The molecule has 1 aromatic rings. The van der Waals surface area contributed by atoms with Crippen molar-refractivity contribution in [2.24, 2.45) is 11.8 Å². The summed E-state index contributed by atoms with van der Waals surface area (Å²) in [5.41, 5.74) is 2.93. The lowest BCUT2D eigenvalue weighted by atomic mass is 9.68. The normalized spacial score (nSPS) is 30.3. The number of ether oxygens (including phenoxy) is 1. The number of hydrogen-bond acceptors (Lipinski definition) is 4. The van der Waals surface area contributed by atoms with E-state index in [1.807, 2.05) is 18.7 Å². The fourth-order valence-electron chi connectivity index (χ4n) is 7.63. The number of hydrogen-bond donors (Lipinski definition) is 0. The quantitative estimate of drug-likeness (QED) is 0.638. The Morgan fingerprint density at radius 1 is 1.03 bits per heavy atom. The van der Waals surface area contributed by atoms with Crippen molar-refractivity contribution in [2.75, 3.05) is 26.2 Å². The van der Waals surface area contributed by atoms with Crippen LogP contribution in [0.25, 0.3) is 0 Å². The van der Waals surface area contributed by atoms with Crippen molar-refractivity contribution in [3.63, 3.8) is 0 Å². The predicted octanol–water partition coefficient (Wildman–Crippen LogP) is 4.56. The lowest BCUT2D eigenvalue weighted by Gasteiger charge is -2.50. The summed E-state index contributed by atoms with van der Waals surface area (Å²) in [5.74, 6) is 1.27. The van der Waals surface area contributed by atoms with Crippen LogP contribution in [0.5, 0.6) is 0 Å². The van der Waals surface area contributed by atoms with Crippen molar-refractivity contribution in [3.8, 4) is 0 Å². The summed E-state index contributed by atoms with van der Waals surface area (Å²) in [6.07, 6.45) is 8.79. The molecule has 6 rings (SSSR count). The number of likely N-dealkylation sites (tertiary alicyclic amines) is 2. The van der Waals surface area contributed by atoms with Gasteiger partial charge in [0.15, 0.2) is 0 Å². The van der Waals surface area contributed by atoms with Gasteiger partial charge in [0.1, 0.15) is 0 Å². The van der Waals surface area contributed by atoms with Crippen molar-refractivity contribution in [1.82, 2.24) is 14.7 Å². The number of benzene rings is 1. The first-order valence-corrected chi connectivity index (χ1v) is 14.0. The van der Waals surface area contributed by atoms with Crippen molar-refractivity contribution >= 4 is 12.0 Å². The number of piperidine rings is 2. The zero-order chi connectivity index (χ0) is 24.2. The van der Waals surface area contributed by atoms with Gasteiger partial charge in [-0.2, -0.15) is 0 Å². The molecule has 190 valence electrons. The monoisotopic (exact) mass is 479 g/mol. The molecule has 4 fully saturated rings. The van der Waals surface area contributed by atoms with Crippen LogP contribution in [-0.2, 0) is 21.5 Å². The van der Waals surface area contributed by atoms with Gasteiger partial charge in [-0.05, 0) is 95.3 Å². The maximum Gasteiger partial charge on any atom is 0.410 e. The second-order valence-corrected chi connectivity index (χ2v) is 12.2. The van der Waals surface area contributed by atoms with Crippen LogP contribution in [0.4, 0.5) is 4.79 Å². The van der Waals surface area contributed by atoms with Crippen LogP contribution in [0.1, 0.15) is 76.3 Å². The molecule has 1 aromatic carbocycles. The molecule has 2 saturated heterocycles. The highest BCUT2D eigenvalue weighted by atomic mass is 16.6. The van der Waals surface area contributed by atoms with Crippen LogP contribution in [-0.4, -0.2) is 71.1 Å². The number of carbonyl (C=O) groups excluding carboxylic acids is 2. The number of fused-ring (bicyclic) bond motifs is 3. The minimum absolute atomic E-state index is 0.0666. The summed E-state index contributed by atoms with van der Waals surface area (Å²) in [7, 11) is 0. The van der Waals surface area contributed by atoms with E-state index in [1.165, 1.54) is 24.0 Å². The van der Waals surface area contributed by atoms with Crippen LogP contribution in [0, 0.1) is 11.8 Å². The zero-order valence-electron chi connectivity index (χ0n) is 21.5. The lowest BCUT2D eigenvalue weighted by molar-refractivity contribution is -0.135. The van der Waals surface area contributed by atoms with Gasteiger partial charge in [0.05, 0.1) is 6.10 Å². The fraction of sp³-hybridized carbons (Fsp3) is 0.724. The zero-order valence-corrected chi connectivity index (χ0v) is 21.5. The van der Waals surface area contributed by atoms with E-state index >= 15 is 0 Å². The van der Waals surface area contributed by atoms with Gasteiger partial charge in [-0.1, -0.05) is 24.3 Å². The smallest absolute Gasteiger partial charge is 0.410 e. The summed E-state index contributed by atoms with van der Waals surface area (Å²) in [4.78, 5) is 32.7. The van der Waals surface area contributed by atoms with Crippen molar-refractivity contribution in [1.29, 1.82) is 0 Å². The standard InChI is InChI=1S/C29H41N3O3/c1-20(2)35-28(34)32-13-5-7-22-16-24(17-26(22)32)30-14-11-29(12-15-30)19-31(27(33)21-9-10-21)18-23-6-3-4-8-25(23)29/h3-4,6,8,20-22,24,26H,5,7,9-19H2,1-2H3. The molecular weight excluding hydrogens is 438 g/mol. The van der Waals surface area contributed by atoms with Crippen LogP contribution < -0.4 is 0 Å². The molecule has 0 aromatic heterocycles. The van der Waals surface area contributed by atoms with Gasteiger partial charge < -0.3 is 19.4 Å². The van der Waals surface area contributed by atoms with E-state index in [0.29, 0.717) is 23.9 Å². The highest BCUT2D eigenvalue weighted by Crippen LogP contribution is 2.46. The van der Waals surface area contributed by atoms with E-state index in [2.05, 4.69) is 34.1 Å². The van der Waals surface area contributed by atoms with Gasteiger partial charge in [0.25, 0.3) is 0 Å². The molecule has 3 heterocycles. The summed E-state index contributed by atoms with van der Waals surface area (Å²) in [6, 6.07) is 9.76. The fourth-order valence-corrected chi connectivity index (χ4v) is 7.63. The van der Waals surface area contributed by atoms with E-state index in [4.69, 9.17) is 4.74 Å². The molecule has 2 amide bonds. The first-order valence-electron chi connectivity index (χ1n) is 14.0. The van der Waals surface area contributed by atoms with E-state index in [-0.39, 0.29) is 23.5 Å². The second kappa shape index (κ2) is 9.10. The Bertz CT molecular complexity index is 966. The molecular formula is C29H41N3O3. The maximum absolute atomic E-state index is 13.0. The maximum atomic E-state index is 13.0. The Balaban J connectivity index is 1.14. The predicted molar refractivity (Wildman–Crippen MR) is 135 cm³/mol. The van der Waals surface area contributed by atoms with E-state index in [9.17, 15) is 9.59 Å². The third kappa shape index (κ3) is 4.36. The third-order valence-electron chi connectivity index (χ3n) is 9.53. The molecule has 3 atom stereocenters. The van der Waals surface area contributed by atoms with Crippen LogP contribution >= 0.6 is 0 Å². The molecule has 0 N–H and O–H groups in total. The Hall–Kier alpha value is -2.08. The molecule has 3 unspecified atom stereocenters. The molecule has 1 spiro atoms. The molecule has 6 nitrogen and oxygen atoms in total. The number of carbonyl (C=O) groups is 2. The minimum atomic E-state index is -0.118. The molecule has 2 saturated carbocycles. The van der Waals surface area contributed by atoms with E-state index < -0.39 is 0 Å². The highest BCUT2D eigenvalue weighted by molar-refractivity contribution is 5.81. The largest absolute Gasteiger partial charge is 0.447 e. The van der Waals surface area contributed by atoms with Gasteiger partial charge in [0.2, 0.25) is 5.91 Å². The Kier molecular flexibility index (Phi) is 6.06. The Morgan fingerprint density at radius 2 is 1.80 bits per heavy atom. The number of amides is 2. The first-order chi connectivity index (χ1) is 16.9. The number of rotatable bonds is 3. The highest BCUT2D eigenvalue weighted by Gasteiger charge is 2.48. The van der Waals surface area contributed by atoms with Crippen LogP contribution in [0.2, 0.25) is 0 Å². The van der Waals surface area contributed by atoms with Gasteiger partial charge in [0, 0.05) is 43.1 Å². The summed E-state index contributed by atoms with van der Waals surface area (Å²) in [6.45, 7) is 8.54. The third-order valence-corrected chi connectivity index (χ3v) is 9.53. The van der Waals surface area contributed by atoms with E-state index in [1.54, 1.807) is 0 Å². The minimum Gasteiger partial charge on any atom is -0.447 e. The van der Waals surface area contributed by atoms with E-state index in [0.717, 1.165) is 71.2 Å². The van der Waals surface area contributed by atoms with Crippen LogP contribution in [0.15, 0.2) is 24.3 Å². The topological polar surface area (TPSA) is 53.1 Å². The SMILES string of the molecule is CC(C)OC(=O)N1CCCC2CC(N3CCC4(CC3)CN(C(=O)C3CC3)Cc3ccccc34)CC21. The molecule has 3 aliphatic heterocycles. The second-order valence-electron chi connectivity index (χ2n) is 12.2. The van der Waals surface area contributed by atoms with Crippen LogP contribution in [0.3, 0.4) is 0 Å². The molecule has 0 bridgehead atoms. The molecule has 5 aliphatic rings. The summed E-state index contributed by atoms with van der Waals surface area (Å²) < 4.78 is 5.58. The average molecular weight is 480 g/mol. The summed E-state index contributed by atoms with van der Waals surface area (Å²) in [5, 5.41) is 0. The van der Waals surface area contributed by atoms with Gasteiger partial charge in [-0.25, -0.2) is 4.79 Å².